The molecule has 2 aromatic carbocycles. The van der Waals surface area contributed by atoms with Crippen molar-refractivity contribution in [2.45, 2.75) is 20.4 Å². The van der Waals surface area contributed by atoms with Crippen LogP contribution in [-0.4, -0.2) is 18.7 Å². The van der Waals surface area contributed by atoms with Gasteiger partial charge in [0.2, 0.25) is 5.65 Å². The van der Waals surface area contributed by atoms with Crippen molar-refractivity contribution in [3.05, 3.63) is 98.5 Å². The van der Waals surface area contributed by atoms with Crippen LogP contribution in [0.25, 0.3) is 11.3 Å². The highest BCUT2D eigenvalue weighted by atomic mass is 16.2. The highest BCUT2D eigenvalue weighted by molar-refractivity contribution is 5.40. The number of hydrogen-bond donors (Lipinski definition) is 0. The van der Waals surface area contributed by atoms with Crippen molar-refractivity contribution in [1.82, 2.24) is 18.7 Å². The Morgan fingerprint density at radius 2 is 1.46 bits per heavy atom. The molecule has 0 N–H and O–H groups in total. The summed E-state index contributed by atoms with van der Waals surface area (Å²) in [7, 11) is 0. The second kappa shape index (κ2) is 6.15. The molecule has 0 saturated carbocycles. The molecular formula is C20H18N4O2. The Labute approximate surface area is 149 Å². The summed E-state index contributed by atoms with van der Waals surface area (Å²) in [5.41, 5.74) is 3.43. The fourth-order valence-electron chi connectivity index (χ4n) is 2.89. The first-order chi connectivity index (χ1) is 12.5. The number of rotatable bonds is 3. The minimum Gasteiger partial charge on any atom is -0.280 e. The standard InChI is InChI=1S/C20H18N4O2/c1-14-3-7-16(8-4-14)13-24-20(26)23-12-11-22(19(25)18(23)21-24)17-9-5-15(2)6-10-17/h3-12H,13H2,1-2H3. The van der Waals surface area contributed by atoms with E-state index in [2.05, 4.69) is 5.10 Å². The molecule has 0 saturated heterocycles. The normalized spacial score (nSPS) is 11.2. The summed E-state index contributed by atoms with van der Waals surface area (Å²) >= 11 is 0. The van der Waals surface area contributed by atoms with Gasteiger partial charge in [0, 0.05) is 18.1 Å². The van der Waals surface area contributed by atoms with E-state index >= 15 is 0 Å². The van der Waals surface area contributed by atoms with Crippen molar-refractivity contribution in [2.24, 2.45) is 0 Å². The van der Waals surface area contributed by atoms with Crippen molar-refractivity contribution >= 4 is 5.65 Å². The minimum absolute atomic E-state index is 0.116. The van der Waals surface area contributed by atoms with E-state index in [1.54, 1.807) is 12.4 Å². The maximum absolute atomic E-state index is 12.8. The highest BCUT2D eigenvalue weighted by Gasteiger charge is 2.13. The van der Waals surface area contributed by atoms with Crippen LogP contribution >= 0.6 is 0 Å². The maximum Gasteiger partial charge on any atom is 0.350 e. The molecule has 26 heavy (non-hydrogen) atoms. The number of benzene rings is 2. The zero-order valence-corrected chi connectivity index (χ0v) is 14.6. The average molecular weight is 346 g/mol. The Balaban J connectivity index is 1.80. The molecule has 0 atom stereocenters. The fraction of sp³-hybridized carbons (Fsp3) is 0.150. The topological polar surface area (TPSA) is 61.3 Å². The molecule has 0 radical (unpaired) electrons. The zero-order chi connectivity index (χ0) is 18.3. The lowest BCUT2D eigenvalue weighted by molar-refractivity contribution is 0.658. The molecule has 0 spiro atoms. The van der Waals surface area contributed by atoms with Gasteiger partial charge in [-0.15, -0.1) is 5.10 Å². The molecule has 2 heterocycles. The predicted octanol–water partition coefficient (Wildman–Crippen LogP) is 2.31. The van der Waals surface area contributed by atoms with Gasteiger partial charge < -0.3 is 0 Å². The molecule has 0 aliphatic heterocycles. The van der Waals surface area contributed by atoms with Gasteiger partial charge in [0.15, 0.2) is 0 Å². The third kappa shape index (κ3) is 2.75. The first-order valence-electron chi connectivity index (χ1n) is 8.36. The Kier molecular flexibility index (Phi) is 3.80. The number of hydrogen-bond acceptors (Lipinski definition) is 3. The van der Waals surface area contributed by atoms with Gasteiger partial charge in [-0.2, -0.15) is 0 Å². The summed E-state index contributed by atoms with van der Waals surface area (Å²) in [6.07, 6.45) is 3.18. The first kappa shape index (κ1) is 16.1. The number of aryl methyl sites for hydroxylation is 2. The summed E-state index contributed by atoms with van der Waals surface area (Å²) in [6, 6.07) is 15.5. The van der Waals surface area contributed by atoms with Gasteiger partial charge in [-0.25, -0.2) is 13.9 Å². The highest BCUT2D eigenvalue weighted by Crippen LogP contribution is 2.08. The van der Waals surface area contributed by atoms with Crippen LogP contribution in [0.2, 0.25) is 0 Å². The van der Waals surface area contributed by atoms with Crippen molar-refractivity contribution in [1.29, 1.82) is 0 Å². The molecule has 6 nitrogen and oxygen atoms in total. The van der Waals surface area contributed by atoms with Gasteiger partial charge in [0.1, 0.15) is 0 Å². The van der Waals surface area contributed by atoms with Crippen LogP contribution in [0.5, 0.6) is 0 Å². The van der Waals surface area contributed by atoms with Gasteiger partial charge in [-0.3, -0.25) is 9.36 Å². The van der Waals surface area contributed by atoms with Crippen LogP contribution in [0, 0.1) is 13.8 Å². The summed E-state index contributed by atoms with van der Waals surface area (Å²) in [4.78, 5) is 25.4. The van der Waals surface area contributed by atoms with Crippen LogP contribution in [-0.2, 0) is 6.54 Å². The molecule has 6 heteroatoms. The van der Waals surface area contributed by atoms with Gasteiger partial charge in [-0.1, -0.05) is 47.5 Å². The van der Waals surface area contributed by atoms with E-state index in [4.69, 9.17) is 0 Å². The lowest BCUT2D eigenvalue weighted by Crippen LogP contribution is -2.24. The number of aromatic nitrogens is 4. The SMILES string of the molecule is Cc1ccc(Cn2nc3c(=O)n(-c4ccc(C)cc4)ccn3c2=O)cc1. The Morgan fingerprint density at radius 1 is 0.846 bits per heavy atom. The third-order valence-electron chi connectivity index (χ3n) is 4.41. The zero-order valence-electron chi connectivity index (χ0n) is 14.6. The summed E-state index contributed by atoms with van der Waals surface area (Å²) < 4.78 is 4.11. The third-order valence-corrected chi connectivity index (χ3v) is 4.41. The van der Waals surface area contributed by atoms with Crippen LogP contribution in [0.1, 0.15) is 16.7 Å². The summed E-state index contributed by atoms with van der Waals surface area (Å²) in [5.74, 6) is 0. The molecule has 4 rings (SSSR count). The van der Waals surface area contributed by atoms with Gasteiger partial charge in [0.25, 0.3) is 0 Å². The second-order valence-corrected chi connectivity index (χ2v) is 6.43. The van der Waals surface area contributed by atoms with Gasteiger partial charge >= 0.3 is 11.2 Å². The molecule has 0 aliphatic carbocycles. The molecular weight excluding hydrogens is 328 g/mol. The number of fused-ring (bicyclic) bond motifs is 1. The largest absolute Gasteiger partial charge is 0.350 e. The van der Waals surface area contributed by atoms with Crippen molar-refractivity contribution in [3.63, 3.8) is 0 Å². The van der Waals surface area contributed by atoms with E-state index in [1.807, 2.05) is 62.4 Å². The molecule has 0 bridgehead atoms. The molecule has 0 aliphatic rings. The molecule has 0 fully saturated rings. The molecule has 0 amide bonds. The molecule has 4 aromatic rings. The predicted molar refractivity (Wildman–Crippen MR) is 100 cm³/mol. The van der Waals surface area contributed by atoms with Gasteiger partial charge in [-0.05, 0) is 31.5 Å². The second-order valence-electron chi connectivity index (χ2n) is 6.43. The van der Waals surface area contributed by atoms with Crippen molar-refractivity contribution in [2.75, 3.05) is 0 Å². The maximum atomic E-state index is 12.8. The van der Waals surface area contributed by atoms with E-state index in [1.165, 1.54) is 13.6 Å². The average Bonchev–Trinajstić information content (AvgIpc) is 2.95. The Hall–Kier alpha value is -3.41. The molecule has 0 unspecified atom stereocenters. The number of nitrogens with zero attached hydrogens (tertiary/aromatic N) is 4. The summed E-state index contributed by atoms with van der Waals surface area (Å²) in [6.45, 7) is 4.32. The van der Waals surface area contributed by atoms with E-state index in [-0.39, 0.29) is 16.9 Å². The van der Waals surface area contributed by atoms with E-state index in [0.717, 1.165) is 22.4 Å². The molecule has 130 valence electrons. The van der Waals surface area contributed by atoms with Gasteiger partial charge in [0.05, 0.1) is 6.54 Å². The monoisotopic (exact) mass is 346 g/mol. The fourth-order valence-corrected chi connectivity index (χ4v) is 2.89. The van der Waals surface area contributed by atoms with E-state index in [0.29, 0.717) is 6.54 Å². The smallest absolute Gasteiger partial charge is 0.280 e. The Morgan fingerprint density at radius 3 is 2.12 bits per heavy atom. The minimum atomic E-state index is -0.325. The van der Waals surface area contributed by atoms with Crippen molar-refractivity contribution < 1.29 is 0 Å². The summed E-state index contributed by atoms with van der Waals surface area (Å²) in [5, 5.41) is 4.27. The van der Waals surface area contributed by atoms with Crippen molar-refractivity contribution in [3.8, 4) is 5.69 Å². The lowest BCUT2D eigenvalue weighted by atomic mass is 10.1. The Bertz CT molecular complexity index is 1200. The van der Waals surface area contributed by atoms with Crippen LogP contribution in [0.15, 0.2) is 70.5 Å². The van der Waals surface area contributed by atoms with E-state index in [9.17, 15) is 9.59 Å². The van der Waals surface area contributed by atoms with Crippen LogP contribution in [0.3, 0.4) is 0 Å². The first-order valence-corrected chi connectivity index (χ1v) is 8.36. The lowest BCUT2D eigenvalue weighted by Gasteiger charge is -2.05. The van der Waals surface area contributed by atoms with Crippen LogP contribution in [0.4, 0.5) is 0 Å². The van der Waals surface area contributed by atoms with Crippen LogP contribution < -0.4 is 11.2 Å². The van der Waals surface area contributed by atoms with E-state index < -0.39 is 0 Å². The molecule has 2 aromatic heterocycles. The quantitative estimate of drug-likeness (QED) is 0.572.